The Balaban J connectivity index is 4.55. The average Bonchev–Trinajstić information content (AvgIpc) is 3.39. The Morgan fingerprint density at radius 1 is 0.288 bits per heavy atom. The SMILES string of the molecule is CC/C=C\C/C=C\C/C=C\C/C=C\C/C=C\C/C=C\C/C=C\CCCCCCCC(=O)OCC(COC(=O)CC/C=C\C/C=C\C/C=C\C/C=C\CC)OC(=O)C/C=C\C/C=C\C/C=C\C/C=C\C/C=C\CC. The van der Waals surface area contributed by atoms with Gasteiger partial charge in [0.1, 0.15) is 13.2 Å². The van der Waals surface area contributed by atoms with E-state index in [9.17, 15) is 14.4 Å². The smallest absolute Gasteiger partial charge is 0.310 e. The van der Waals surface area contributed by atoms with Crippen LogP contribution in [0.15, 0.2) is 194 Å². The molecular formula is C67H98O6. The van der Waals surface area contributed by atoms with Gasteiger partial charge in [0.15, 0.2) is 6.10 Å². The minimum Gasteiger partial charge on any atom is -0.462 e. The highest BCUT2D eigenvalue weighted by Crippen LogP contribution is 2.10. The first-order valence-electron chi connectivity index (χ1n) is 27.9. The Bertz CT molecular complexity index is 1810. The van der Waals surface area contributed by atoms with Crippen LogP contribution in [0.4, 0.5) is 0 Å². The predicted molar refractivity (Wildman–Crippen MR) is 315 cm³/mol. The van der Waals surface area contributed by atoms with E-state index in [2.05, 4.69) is 191 Å². The predicted octanol–water partition coefficient (Wildman–Crippen LogP) is 19.1. The summed E-state index contributed by atoms with van der Waals surface area (Å²) in [5, 5.41) is 0. The molecule has 0 radical (unpaired) electrons. The zero-order chi connectivity index (χ0) is 52.9. The van der Waals surface area contributed by atoms with Gasteiger partial charge in [-0.15, -0.1) is 0 Å². The molecule has 0 aromatic carbocycles. The number of ether oxygens (including phenoxy) is 3. The molecular weight excluding hydrogens is 901 g/mol. The van der Waals surface area contributed by atoms with Gasteiger partial charge in [0.2, 0.25) is 0 Å². The van der Waals surface area contributed by atoms with Gasteiger partial charge in [-0.25, -0.2) is 0 Å². The van der Waals surface area contributed by atoms with Crippen molar-refractivity contribution in [1.82, 2.24) is 0 Å². The molecule has 1 atom stereocenters. The molecule has 1 unspecified atom stereocenters. The van der Waals surface area contributed by atoms with Crippen molar-refractivity contribution in [1.29, 1.82) is 0 Å². The lowest BCUT2D eigenvalue weighted by Crippen LogP contribution is -2.30. The van der Waals surface area contributed by atoms with Crippen LogP contribution in [0, 0.1) is 0 Å². The van der Waals surface area contributed by atoms with Crippen molar-refractivity contribution in [3.05, 3.63) is 194 Å². The summed E-state index contributed by atoms with van der Waals surface area (Å²) < 4.78 is 16.6. The third kappa shape index (κ3) is 57.0. The number of carbonyl (C=O) groups excluding carboxylic acids is 3. The Labute approximate surface area is 446 Å². The van der Waals surface area contributed by atoms with Crippen LogP contribution in [-0.4, -0.2) is 37.2 Å². The van der Waals surface area contributed by atoms with E-state index in [0.29, 0.717) is 19.3 Å². The minimum absolute atomic E-state index is 0.0665. The summed E-state index contributed by atoms with van der Waals surface area (Å²) in [5.41, 5.74) is 0. The van der Waals surface area contributed by atoms with Gasteiger partial charge < -0.3 is 14.2 Å². The fourth-order valence-electron chi connectivity index (χ4n) is 6.57. The van der Waals surface area contributed by atoms with Crippen molar-refractivity contribution in [3.63, 3.8) is 0 Å². The fraction of sp³-hybridized carbons (Fsp3) is 0.478. The molecule has 0 aliphatic carbocycles. The van der Waals surface area contributed by atoms with Crippen molar-refractivity contribution in [2.45, 2.75) is 194 Å². The van der Waals surface area contributed by atoms with Crippen molar-refractivity contribution in [2.24, 2.45) is 0 Å². The van der Waals surface area contributed by atoms with E-state index in [1.54, 1.807) is 6.08 Å². The maximum Gasteiger partial charge on any atom is 0.310 e. The quantitative estimate of drug-likeness (QED) is 0.0262. The van der Waals surface area contributed by atoms with Crippen LogP contribution in [-0.2, 0) is 28.6 Å². The monoisotopic (exact) mass is 999 g/mol. The summed E-state index contributed by atoms with van der Waals surface area (Å²) >= 11 is 0. The Kier molecular flexibility index (Phi) is 54.2. The summed E-state index contributed by atoms with van der Waals surface area (Å²) in [4.78, 5) is 38.0. The molecule has 0 bridgehead atoms. The Morgan fingerprint density at radius 3 is 0.918 bits per heavy atom. The van der Waals surface area contributed by atoms with Crippen LogP contribution in [0.25, 0.3) is 0 Å². The first-order valence-corrected chi connectivity index (χ1v) is 27.9. The Hall–Kier alpha value is -5.75. The molecule has 0 aromatic rings. The third-order valence-electron chi connectivity index (χ3n) is 10.6. The largest absolute Gasteiger partial charge is 0.462 e. The maximum absolute atomic E-state index is 12.8. The molecule has 0 spiro atoms. The topological polar surface area (TPSA) is 78.9 Å². The number of allylic oxidation sites excluding steroid dienone is 31. The van der Waals surface area contributed by atoms with E-state index >= 15 is 0 Å². The molecule has 73 heavy (non-hydrogen) atoms. The standard InChI is InChI=1S/C67H98O6/c1-4-7-10-13-16-19-22-25-27-28-29-30-31-32-33-34-35-36-37-38-40-42-45-48-51-54-57-60-66(69)72-63-64(62-71-65(68)59-56-53-50-47-44-41-24-21-18-15-12-9-6-3)73-67(70)61-58-55-52-49-46-43-39-26-23-20-17-14-11-8-5-2/h7-12,16-21,25-27,29-30,32-33,35-36,38-41,44,46,49-50,53,55,58,64H,4-6,13-15,22-24,28,31,34,37,42-43,45,47-48,51-52,54,56-57,59-63H2,1-3H3/b10-7-,11-8-,12-9-,19-16-,20-17-,21-18-,27-25-,30-29-,33-32-,36-35-,39-26-,40-38-,44-41-,49-46-,53-50-,58-55-. The molecule has 0 heterocycles. The number of esters is 3. The van der Waals surface area contributed by atoms with Crippen LogP contribution >= 0.6 is 0 Å². The lowest BCUT2D eigenvalue weighted by Gasteiger charge is -2.18. The van der Waals surface area contributed by atoms with Crippen molar-refractivity contribution >= 4 is 17.9 Å². The maximum atomic E-state index is 12.8. The molecule has 0 amide bonds. The molecule has 6 heteroatoms. The minimum atomic E-state index is -0.882. The highest BCUT2D eigenvalue weighted by molar-refractivity contribution is 5.72. The van der Waals surface area contributed by atoms with E-state index in [-0.39, 0.29) is 32.0 Å². The van der Waals surface area contributed by atoms with Crippen LogP contribution in [0.3, 0.4) is 0 Å². The second-order valence-corrected chi connectivity index (χ2v) is 17.4. The first-order chi connectivity index (χ1) is 36.0. The van der Waals surface area contributed by atoms with E-state index in [4.69, 9.17) is 14.2 Å². The van der Waals surface area contributed by atoms with Gasteiger partial charge in [0, 0.05) is 12.8 Å². The number of rotatable bonds is 47. The normalized spacial score (nSPS) is 13.6. The van der Waals surface area contributed by atoms with Crippen molar-refractivity contribution in [2.75, 3.05) is 13.2 Å². The summed E-state index contributed by atoms with van der Waals surface area (Å²) in [5.74, 6) is -1.21. The zero-order valence-corrected chi connectivity index (χ0v) is 45.8. The fourth-order valence-corrected chi connectivity index (χ4v) is 6.57. The van der Waals surface area contributed by atoms with Crippen LogP contribution in [0.1, 0.15) is 188 Å². The third-order valence-corrected chi connectivity index (χ3v) is 10.6. The summed E-state index contributed by atoms with van der Waals surface area (Å²) in [7, 11) is 0. The first kappa shape index (κ1) is 67.2. The van der Waals surface area contributed by atoms with Gasteiger partial charge >= 0.3 is 17.9 Å². The number of hydrogen-bond acceptors (Lipinski definition) is 6. The molecule has 0 saturated heterocycles. The van der Waals surface area contributed by atoms with Gasteiger partial charge in [0.05, 0.1) is 6.42 Å². The lowest BCUT2D eigenvalue weighted by atomic mass is 10.1. The molecule has 6 nitrogen and oxygen atoms in total. The van der Waals surface area contributed by atoms with E-state index < -0.39 is 18.0 Å². The van der Waals surface area contributed by atoms with Crippen molar-refractivity contribution in [3.8, 4) is 0 Å². The van der Waals surface area contributed by atoms with E-state index in [1.807, 2.05) is 18.2 Å². The van der Waals surface area contributed by atoms with Crippen LogP contribution in [0.5, 0.6) is 0 Å². The second-order valence-electron chi connectivity index (χ2n) is 17.4. The van der Waals surface area contributed by atoms with Crippen LogP contribution in [0.2, 0.25) is 0 Å². The molecule has 0 rings (SSSR count). The number of hydrogen-bond donors (Lipinski definition) is 0. The van der Waals surface area contributed by atoms with Crippen LogP contribution < -0.4 is 0 Å². The van der Waals surface area contributed by atoms with Gasteiger partial charge in [0.25, 0.3) is 0 Å². The van der Waals surface area contributed by atoms with E-state index in [1.165, 1.54) is 0 Å². The summed E-state index contributed by atoms with van der Waals surface area (Å²) in [6, 6.07) is 0. The lowest BCUT2D eigenvalue weighted by molar-refractivity contribution is -0.166. The molecule has 0 saturated carbocycles. The average molecular weight is 1000 g/mol. The Morgan fingerprint density at radius 2 is 0.562 bits per heavy atom. The second kappa shape index (κ2) is 58.8. The molecule has 402 valence electrons. The van der Waals surface area contributed by atoms with Crippen molar-refractivity contribution < 1.29 is 28.6 Å². The van der Waals surface area contributed by atoms with Gasteiger partial charge in [-0.1, -0.05) is 234 Å². The summed E-state index contributed by atoms with van der Waals surface area (Å²) in [6.45, 7) is 6.09. The highest BCUT2D eigenvalue weighted by atomic mass is 16.6. The molecule has 0 fully saturated rings. The zero-order valence-electron chi connectivity index (χ0n) is 45.8. The van der Waals surface area contributed by atoms with Gasteiger partial charge in [-0.2, -0.15) is 0 Å². The molecule has 0 aliphatic rings. The molecule has 0 aromatic heterocycles. The molecule has 0 aliphatic heterocycles. The van der Waals surface area contributed by atoms with Gasteiger partial charge in [-0.3, -0.25) is 14.4 Å². The summed E-state index contributed by atoms with van der Waals surface area (Å²) in [6.07, 6.45) is 90.4. The molecule has 0 N–H and O–H groups in total. The highest BCUT2D eigenvalue weighted by Gasteiger charge is 2.19. The number of unbranched alkanes of at least 4 members (excludes halogenated alkanes) is 5. The van der Waals surface area contributed by atoms with Gasteiger partial charge in [-0.05, 0) is 128 Å². The number of carbonyl (C=O) groups is 3. The van der Waals surface area contributed by atoms with E-state index in [0.717, 1.165) is 135 Å².